The summed E-state index contributed by atoms with van der Waals surface area (Å²) in [6.45, 7) is 4.22. The molecule has 0 saturated carbocycles. The Morgan fingerprint density at radius 2 is 1.91 bits per heavy atom. The first-order valence-electron chi connectivity index (χ1n) is 11.1. The van der Waals surface area contributed by atoms with Gasteiger partial charge in [-0.05, 0) is 38.0 Å². The third kappa shape index (κ3) is 3.89. The van der Waals surface area contributed by atoms with Gasteiger partial charge in [-0.1, -0.05) is 36.4 Å². The first-order valence-corrected chi connectivity index (χ1v) is 11.1. The van der Waals surface area contributed by atoms with Crippen molar-refractivity contribution >= 4 is 34.5 Å². The van der Waals surface area contributed by atoms with Crippen LogP contribution in [-0.2, 0) is 29.1 Å². The lowest BCUT2D eigenvalue weighted by Crippen LogP contribution is -2.56. The first kappa shape index (κ1) is 21.7. The van der Waals surface area contributed by atoms with Gasteiger partial charge in [0.05, 0.1) is 29.0 Å². The molecule has 2 aliphatic heterocycles. The largest absolute Gasteiger partial charge is 0.445 e. The number of carbonyl (C=O) groups excluding carboxylic acids is 3. The van der Waals surface area contributed by atoms with E-state index in [0.717, 1.165) is 27.9 Å². The van der Waals surface area contributed by atoms with E-state index >= 15 is 0 Å². The van der Waals surface area contributed by atoms with Gasteiger partial charge in [0.15, 0.2) is 0 Å². The molecule has 3 N–H and O–H groups in total. The molecule has 0 aliphatic carbocycles. The SMILES string of the molecule is CC(C)(NC(=O)OCc1ccccc1)C(=O)N1CCc2c(nc3cccc4c3c2NNC4=O)C1. The van der Waals surface area contributed by atoms with Crippen molar-refractivity contribution in [2.45, 2.75) is 39.0 Å². The topological polar surface area (TPSA) is 113 Å². The van der Waals surface area contributed by atoms with Crippen LogP contribution < -0.4 is 16.2 Å². The van der Waals surface area contributed by atoms with Crippen molar-refractivity contribution in [1.82, 2.24) is 20.6 Å². The number of benzene rings is 2. The van der Waals surface area contributed by atoms with E-state index in [-0.39, 0.29) is 18.4 Å². The molecule has 0 unspecified atom stereocenters. The summed E-state index contributed by atoms with van der Waals surface area (Å²) in [5.74, 6) is -0.417. The number of fused-ring (bicyclic) bond motifs is 2. The summed E-state index contributed by atoms with van der Waals surface area (Å²) in [5, 5.41) is 3.49. The van der Waals surface area contributed by atoms with Crippen LogP contribution in [0, 0.1) is 0 Å². The van der Waals surface area contributed by atoms with E-state index in [9.17, 15) is 14.4 Å². The number of rotatable bonds is 4. The summed E-state index contributed by atoms with van der Waals surface area (Å²) in [6.07, 6.45) is -0.0777. The second-order valence-corrected chi connectivity index (χ2v) is 8.98. The summed E-state index contributed by atoms with van der Waals surface area (Å²) in [5.41, 5.74) is 9.29. The van der Waals surface area contributed by atoms with Gasteiger partial charge in [0.25, 0.3) is 5.91 Å². The fraction of sp³-hybridized carbons (Fsp3) is 0.280. The van der Waals surface area contributed by atoms with Gasteiger partial charge in [0.1, 0.15) is 12.1 Å². The second-order valence-electron chi connectivity index (χ2n) is 8.98. The van der Waals surface area contributed by atoms with Gasteiger partial charge in [-0.25, -0.2) is 4.79 Å². The maximum atomic E-state index is 13.3. The monoisotopic (exact) mass is 459 g/mol. The number of aromatic nitrogens is 1. The van der Waals surface area contributed by atoms with E-state index in [1.54, 1.807) is 30.9 Å². The summed E-state index contributed by atoms with van der Waals surface area (Å²) < 4.78 is 5.29. The molecule has 174 valence electrons. The van der Waals surface area contributed by atoms with Gasteiger partial charge in [-0.3, -0.25) is 25.4 Å². The van der Waals surface area contributed by atoms with E-state index in [4.69, 9.17) is 9.72 Å². The zero-order valence-corrected chi connectivity index (χ0v) is 19.0. The molecule has 34 heavy (non-hydrogen) atoms. The summed E-state index contributed by atoms with van der Waals surface area (Å²) >= 11 is 0. The number of hydrogen-bond donors (Lipinski definition) is 3. The van der Waals surface area contributed by atoms with Gasteiger partial charge < -0.3 is 15.0 Å². The van der Waals surface area contributed by atoms with Gasteiger partial charge >= 0.3 is 6.09 Å². The minimum absolute atomic E-state index is 0.124. The van der Waals surface area contributed by atoms with E-state index in [0.29, 0.717) is 30.6 Å². The van der Waals surface area contributed by atoms with Crippen LogP contribution in [0.2, 0.25) is 0 Å². The van der Waals surface area contributed by atoms with E-state index in [1.165, 1.54) is 0 Å². The minimum Gasteiger partial charge on any atom is -0.445 e. The highest BCUT2D eigenvalue weighted by Crippen LogP contribution is 2.36. The van der Waals surface area contributed by atoms with Crippen LogP contribution in [0.3, 0.4) is 0 Å². The number of hydrazine groups is 1. The number of nitrogens with one attached hydrogen (secondary N) is 3. The van der Waals surface area contributed by atoms with Crippen molar-refractivity contribution in [3.05, 3.63) is 70.9 Å². The number of nitrogens with zero attached hydrogens (tertiary/aromatic N) is 2. The molecular formula is C25H25N5O4. The molecule has 3 amide bonds. The van der Waals surface area contributed by atoms with Crippen molar-refractivity contribution in [2.75, 3.05) is 12.0 Å². The number of carbonyl (C=O) groups is 3. The quantitative estimate of drug-likeness (QED) is 0.553. The molecule has 1 aromatic heterocycles. The Morgan fingerprint density at radius 3 is 2.71 bits per heavy atom. The number of pyridine rings is 1. The fourth-order valence-electron chi connectivity index (χ4n) is 4.46. The van der Waals surface area contributed by atoms with Gasteiger partial charge in [-0.2, -0.15) is 0 Å². The van der Waals surface area contributed by atoms with Crippen LogP contribution in [0.25, 0.3) is 10.9 Å². The average Bonchev–Trinajstić information content (AvgIpc) is 2.84. The van der Waals surface area contributed by atoms with Gasteiger partial charge in [0, 0.05) is 17.5 Å². The van der Waals surface area contributed by atoms with Gasteiger partial charge in [0.2, 0.25) is 5.91 Å². The molecule has 0 bridgehead atoms. The second kappa shape index (κ2) is 8.33. The Balaban J connectivity index is 1.31. The number of alkyl carbamates (subject to hydrolysis) is 1. The molecule has 0 radical (unpaired) electrons. The molecule has 0 fully saturated rings. The Labute approximate surface area is 196 Å². The molecule has 2 aromatic carbocycles. The smallest absolute Gasteiger partial charge is 0.408 e. The zero-order chi connectivity index (χ0) is 23.9. The Kier molecular flexibility index (Phi) is 5.31. The van der Waals surface area contributed by atoms with Crippen molar-refractivity contribution in [1.29, 1.82) is 0 Å². The van der Waals surface area contributed by atoms with Crippen molar-refractivity contribution < 1.29 is 19.1 Å². The van der Waals surface area contributed by atoms with Crippen LogP contribution in [0.15, 0.2) is 48.5 Å². The van der Waals surface area contributed by atoms with E-state index in [2.05, 4.69) is 16.2 Å². The van der Waals surface area contributed by atoms with Crippen molar-refractivity contribution in [3.63, 3.8) is 0 Å². The summed E-state index contributed by atoms with van der Waals surface area (Å²) in [7, 11) is 0. The third-order valence-electron chi connectivity index (χ3n) is 6.17. The Hall–Kier alpha value is -4.14. The number of amides is 3. The Bertz CT molecular complexity index is 1310. The predicted molar refractivity (Wildman–Crippen MR) is 126 cm³/mol. The molecule has 9 heteroatoms. The number of hydrogen-bond acceptors (Lipinski definition) is 6. The number of ether oxygens (including phenoxy) is 1. The molecule has 0 atom stereocenters. The highest BCUT2D eigenvalue weighted by Gasteiger charge is 2.37. The summed E-state index contributed by atoms with van der Waals surface area (Å²) in [4.78, 5) is 44.3. The van der Waals surface area contributed by atoms with E-state index in [1.807, 2.05) is 36.4 Å². The van der Waals surface area contributed by atoms with Crippen molar-refractivity contribution in [2.24, 2.45) is 0 Å². The molecule has 0 saturated heterocycles. The molecule has 0 spiro atoms. The molecule has 3 aromatic rings. The lowest BCUT2D eigenvalue weighted by Gasteiger charge is -2.36. The van der Waals surface area contributed by atoms with Crippen LogP contribution in [0.5, 0.6) is 0 Å². The molecular weight excluding hydrogens is 434 g/mol. The maximum Gasteiger partial charge on any atom is 0.408 e. The molecule has 2 aliphatic rings. The average molecular weight is 460 g/mol. The first-order chi connectivity index (χ1) is 16.3. The summed E-state index contributed by atoms with van der Waals surface area (Å²) in [6, 6.07) is 14.8. The van der Waals surface area contributed by atoms with Crippen LogP contribution in [-0.4, -0.2) is 39.9 Å². The molecule has 3 heterocycles. The predicted octanol–water partition coefficient (Wildman–Crippen LogP) is 2.89. The standard InChI is InChI=1S/C25H25N5O4/c1-25(2,27-24(33)34-14-15-7-4-3-5-8-15)23(32)30-12-11-16-19(13-30)26-18-10-6-9-17-20(18)21(16)28-29-22(17)31/h3-10,28H,11-14H2,1-2H3,(H,27,33)(H,29,31). The molecule has 9 nitrogen and oxygen atoms in total. The van der Waals surface area contributed by atoms with Gasteiger partial charge in [-0.15, -0.1) is 0 Å². The maximum absolute atomic E-state index is 13.3. The lowest BCUT2D eigenvalue weighted by atomic mass is 9.94. The normalized spacial score (nSPS) is 14.6. The third-order valence-corrected chi connectivity index (χ3v) is 6.17. The van der Waals surface area contributed by atoms with E-state index < -0.39 is 11.6 Å². The van der Waals surface area contributed by atoms with Crippen molar-refractivity contribution in [3.8, 4) is 0 Å². The number of anilines is 1. The highest BCUT2D eigenvalue weighted by atomic mass is 16.5. The fourth-order valence-corrected chi connectivity index (χ4v) is 4.46. The Morgan fingerprint density at radius 1 is 1.12 bits per heavy atom. The molecule has 5 rings (SSSR count). The minimum atomic E-state index is -1.16. The van der Waals surface area contributed by atoms with Crippen LogP contribution in [0.4, 0.5) is 10.5 Å². The zero-order valence-electron chi connectivity index (χ0n) is 19.0. The van der Waals surface area contributed by atoms with Crippen LogP contribution >= 0.6 is 0 Å². The lowest BCUT2D eigenvalue weighted by molar-refractivity contribution is -0.138. The van der Waals surface area contributed by atoms with Crippen LogP contribution in [0.1, 0.15) is 41.0 Å². The highest BCUT2D eigenvalue weighted by molar-refractivity contribution is 6.14.